The van der Waals surface area contributed by atoms with Crippen LogP contribution in [0.4, 0.5) is 10.1 Å². The van der Waals surface area contributed by atoms with E-state index in [1.165, 1.54) is 0 Å². The molecule has 0 amide bonds. The zero-order chi connectivity index (χ0) is 14.6. The number of carboxylic acids is 1. The summed E-state index contributed by atoms with van der Waals surface area (Å²) in [6, 6.07) is 2.49. The second kappa shape index (κ2) is 5.74. The zero-order valence-corrected chi connectivity index (χ0v) is 10.4. The van der Waals surface area contributed by atoms with Crippen LogP contribution in [0.5, 0.6) is 0 Å². The van der Waals surface area contributed by atoms with Crippen LogP contribution in [-0.2, 0) is 20.4 Å². The van der Waals surface area contributed by atoms with Crippen molar-refractivity contribution in [3.8, 4) is 0 Å². The quantitative estimate of drug-likeness (QED) is 0.620. The van der Waals surface area contributed by atoms with Gasteiger partial charge in [-0.1, -0.05) is 0 Å². The Balaban J connectivity index is 2.93. The van der Waals surface area contributed by atoms with Crippen molar-refractivity contribution in [2.45, 2.75) is 12.2 Å². The predicted octanol–water partition coefficient (Wildman–Crippen LogP) is 1.12. The normalized spacial score (nSPS) is 11.2. The smallest absolute Gasteiger partial charge is 0.304 e. The summed E-state index contributed by atoms with van der Waals surface area (Å²) >= 11 is 0. The molecule has 0 saturated carbocycles. The van der Waals surface area contributed by atoms with Crippen LogP contribution in [0.15, 0.2) is 18.2 Å². The van der Waals surface area contributed by atoms with Crippen LogP contribution in [0.3, 0.4) is 0 Å². The molecule has 0 aromatic heterocycles. The molecule has 0 heterocycles. The number of carboxylic acid groups (broad SMARTS) is 1. The number of hydrogen-bond donors (Lipinski definition) is 1. The molecule has 0 bridgehead atoms. The Labute approximate surface area is 107 Å². The predicted molar refractivity (Wildman–Crippen MR) is 62.8 cm³/mol. The number of aliphatic carboxylic acids is 1. The number of carbonyl (C=O) groups is 1. The number of nitro groups is 1. The van der Waals surface area contributed by atoms with Gasteiger partial charge in [0.25, 0.3) is 5.69 Å². The lowest BCUT2D eigenvalue weighted by molar-refractivity contribution is -0.385. The average molecular weight is 291 g/mol. The Morgan fingerprint density at radius 2 is 2.00 bits per heavy atom. The van der Waals surface area contributed by atoms with Crippen LogP contribution < -0.4 is 0 Å². The molecule has 0 aliphatic heterocycles. The lowest BCUT2D eigenvalue weighted by Gasteiger charge is -2.03. The molecule has 1 N–H and O–H groups in total. The number of hydrogen-bond acceptors (Lipinski definition) is 5. The minimum atomic E-state index is -3.76. The Hall–Kier alpha value is -2.03. The number of benzene rings is 1. The van der Waals surface area contributed by atoms with E-state index in [0.29, 0.717) is 6.07 Å². The molecule has 0 saturated heterocycles. The van der Waals surface area contributed by atoms with Gasteiger partial charge in [-0.05, 0) is 11.6 Å². The zero-order valence-electron chi connectivity index (χ0n) is 9.58. The molecule has 0 atom stereocenters. The highest BCUT2D eigenvalue weighted by Gasteiger charge is 2.17. The highest BCUT2D eigenvalue weighted by Crippen LogP contribution is 2.18. The van der Waals surface area contributed by atoms with Gasteiger partial charge in [0.1, 0.15) is 5.82 Å². The molecule has 0 unspecified atom stereocenters. The number of rotatable bonds is 6. The number of nitrogens with zero attached hydrogens (tertiary/aromatic N) is 1. The number of nitro benzene ring substituents is 1. The van der Waals surface area contributed by atoms with Gasteiger partial charge < -0.3 is 5.11 Å². The van der Waals surface area contributed by atoms with Gasteiger partial charge in [0, 0.05) is 6.07 Å². The average Bonchev–Trinajstić information content (AvgIpc) is 2.25. The maximum Gasteiger partial charge on any atom is 0.304 e. The molecular formula is C10H10FNO6S. The lowest BCUT2D eigenvalue weighted by atomic mass is 10.2. The molecule has 1 rings (SSSR count). The summed E-state index contributed by atoms with van der Waals surface area (Å²) < 4.78 is 36.2. The van der Waals surface area contributed by atoms with Crippen molar-refractivity contribution in [3.05, 3.63) is 39.7 Å². The van der Waals surface area contributed by atoms with Crippen molar-refractivity contribution in [2.24, 2.45) is 0 Å². The third-order valence-corrected chi connectivity index (χ3v) is 3.77. The Morgan fingerprint density at radius 1 is 1.37 bits per heavy atom. The van der Waals surface area contributed by atoms with Crippen molar-refractivity contribution in [1.82, 2.24) is 0 Å². The topological polar surface area (TPSA) is 115 Å². The van der Waals surface area contributed by atoms with E-state index in [-0.39, 0.29) is 5.56 Å². The summed E-state index contributed by atoms with van der Waals surface area (Å²) in [5.74, 6) is -3.43. The molecule has 0 radical (unpaired) electrons. The van der Waals surface area contributed by atoms with E-state index in [4.69, 9.17) is 5.11 Å². The SMILES string of the molecule is O=C(O)CCS(=O)(=O)Cc1cc(F)cc([N+](=O)[O-])c1. The van der Waals surface area contributed by atoms with E-state index in [2.05, 4.69) is 0 Å². The summed E-state index contributed by atoms with van der Waals surface area (Å²) in [6.07, 6.45) is -0.570. The first kappa shape index (κ1) is 15.0. The molecule has 1 aromatic carbocycles. The van der Waals surface area contributed by atoms with Gasteiger partial charge in [0.15, 0.2) is 9.84 Å². The van der Waals surface area contributed by atoms with Gasteiger partial charge in [-0.2, -0.15) is 0 Å². The minimum Gasteiger partial charge on any atom is -0.481 e. The largest absolute Gasteiger partial charge is 0.481 e. The summed E-state index contributed by atoms with van der Waals surface area (Å²) in [5.41, 5.74) is -0.638. The Morgan fingerprint density at radius 3 is 2.53 bits per heavy atom. The van der Waals surface area contributed by atoms with Gasteiger partial charge in [0.2, 0.25) is 0 Å². The van der Waals surface area contributed by atoms with Gasteiger partial charge in [-0.25, -0.2) is 12.8 Å². The monoisotopic (exact) mass is 291 g/mol. The van der Waals surface area contributed by atoms with Crippen molar-refractivity contribution in [2.75, 3.05) is 5.75 Å². The molecule has 0 spiro atoms. The van der Waals surface area contributed by atoms with Gasteiger partial charge in [0.05, 0.1) is 28.9 Å². The highest BCUT2D eigenvalue weighted by atomic mass is 32.2. The fourth-order valence-corrected chi connectivity index (χ4v) is 2.70. The molecule has 1 aromatic rings. The number of non-ortho nitro benzene ring substituents is 1. The maximum absolute atomic E-state index is 13.1. The van der Waals surface area contributed by atoms with Crippen molar-refractivity contribution in [1.29, 1.82) is 0 Å². The molecule has 19 heavy (non-hydrogen) atoms. The van der Waals surface area contributed by atoms with Crippen molar-refractivity contribution in [3.63, 3.8) is 0 Å². The number of halogens is 1. The fraction of sp³-hybridized carbons (Fsp3) is 0.300. The van der Waals surface area contributed by atoms with E-state index in [1.54, 1.807) is 0 Å². The van der Waals surface area contributed by atoms with Crippen molar-refractivity contribution >= 4 is 21.5 Å². The minimum absolute atomic E-state index is 0.0860. The van der Waals surface area contributed by atoms with Crippen LogP contribution in [0.2, 0.25) is 0 Å². The van der Waals surface area contributed by atoms with Gasteiger partial charge in [-0.3, -0.25) is 14.9 Å². The van der Waals surface area contributed by atoms with E-state index in [9.17, 15) is 27.7 Å². The maximum atomic E-state index is 13.1. The summed E-state index contributed by atoms with van der Waals surface area (Å²) in [4.78, 5) is 19.9. The molecule has 0 aliphatic carbocycles. The fourth-order valence-electron chi connectivity index (χ4n) is 1.39. The lowest BCUT2D eigenvalue weighted by Crippen LogP contribution is -2.13. The van der Waals surface area contributed by atoms with E-state index in [0.717, 1.165) is 12.1 Å². The summed E-state index contributed by atoms with van der Waals surface area (Å²) in [5, 5.41) is 18.9. The van der Waals surface area contributed by atoms with Crippen LogP contribution >= 0.6 is 0 Å². The molecule has 9 heteroatoms. The van der Waals surface area contributed by atoms with Crippen LogP contribution in [0.1, 0.15) is 12.0 Å². The van der Waals surface area contributed by atoms with Gasteiger partial charge >= 0.3 is 5.97 Å². The Bertz CT molecular complexity index is 612. The first-order valence-electron chi connectivity index (χ1n) is 5.06. The highest BCUT2D eigenvalue weighted by molar-refractivity contribution is 7.90. The van der Waals surface area contributed by atoms with Crippen molar-refractivity contribution < 1.29 is 27.6 Å². The van der Waals surface area contributed by atoms with E-state index < -0.39 is 50.2 Å². The molecular weight excluding hydrogens is 281 g/mol. The first-order valence-corrected chi connectivity index (χ1v) is 6.88. The van der Waals surface area contributed by atoms with Gasteiger partial charge in [-0.15, -0.1) is 0 Å². The summed E-state index contributed by atoms with van der Waals surface area (Å²) in [7, 11) is -3.76. The second-order valence-corrected chi connectivity index (χ2v) is 5.99. The second-order valence-electron chi connectivity index (χ2n) is 3.81. The van der Waals surface area contributed by atoms with Crippen LogP contribution in [0, 0.1) is 15.9 Å². The van der Waals surface area contributed by atoms with Crippen LogP contribution in [-0.4, -0.2) is 30.2 Å². The molecule has 0 aliphatic rings. The first-order chi connectivity index (χ1) is 8.69. The van der Waals surface area contributed by atoms with Crippen LogP contribution in [0.25, 0.3) is 0 Å². The standard InChI is InChI=1S/C10H10FNO6S/c11-8-3-7(4-9(5-8)12(15)16)6-19(17,18)2-1-10(13)14/h3-5H,1-2,6H2,(H,13,14). The summed E-state index contributed by atoms with van der Waals surface area (Å²) in [6.45, 7) is 0. The number of sulfone groups is 1. The Kier molecular flexibility index (Phi) is 4.54. The van der Waals surface area contributed by atoms with E-state index >= 15 is 0 Å². The molecule has 7 nitrogen and oxygen atoms in total. The third kappa shape index (κ3) is 5.00. The van der Waals surface area contributed by atoms with E-state index in [1.807, 2.05) is 0 Å². The third-order valence-electron chi connectivity index (χ3n) is 2.17. The molecule has 0 fully saturated rings. The molecule has 104 valence electrons.